The Morgan fingerprint density at radius 3 is 2.81 bits per heavy atom. The Bertz CT molecular complexity index is 364. The van der Waals surface area contributed by atoms with E-state index in [0.717, 1.165) is 25.3 Å². The van der Waals surface area contributed by atoms with Gasteiger partial charge in [-0.05, 0) is 30.5 Å². The summed E-state index contributed by atoms with van der Waals surface area (Å²) in [6.07, 6.45) is 1.84. The third-order valence-corrected chi connectivity index (χ3v) is 2.84. The molecule has 0 amide bonds. The van der Waals surface area contributed by atoms with Gasteiger partial charge in [0.1, 0.15) is 11.9 Å². The van der Waals surface area contributed by atoms with Gasteiger partial charge in [0.25, 0.3) is 0 Å². The van der Waals surface area contributed by atoms with Crippen LogP contribution >= 0.6 is 0 Å². The Kier molecular flexibility index (Phi) is 3.51. The zero-order chi connectivity index (χ0) is 11.5. The molecule has 0 aliphatic carbocycles. The molecule has 1 aromatic carbocycles. The fourth-order valence-electron chi connectivity index (χ4n) is 1.89. The van der Waals surface area contributed by atoms with Crippen molar-refractivity contribution in [3.63, 3.8) is 0 Å². The first-order valence-corrected chi connectivity index (χ1v) is 5.65. The summed E-state index contributed by atoms with van der Waals surface area (Å²) in [6, 6.07) is 6.24. The summed E-state index contributed by atoms with van der Waals surface area (Å²) in [5.74, 6) is 6.52. The van der Waals surface area contributed by atoms with Crippen molar-refractivity contribution in [2.45, 2.75) is 25.8 Å². The van der Waals surface area contributed by atoms with E-state index in [2.05, 4.69) is 19.1 Å². The largest absolute Gasteiger partial charge is 0.487 e. The molecule has 1 aliphatic rings. The van der Waals surface area contributed by atoms with Gasteiger partial charge >= 0.3 is 0 Å². The van der Waals surface area contributed by atoms with Gasteiger partial charge in [0.15, 0.2) is 0 Å². The van der Waals surface area contributed by atoms with Crippen LogP contribution in [-0.2, 0) is 6.42 Å². The highest BCUT2D eigenvalue weighted by molar-refractivity contribution is 6.08. The summed E-state index contributed by atoms with van der Waals surface area (Å²) in [6.45, 7) is 3.68. The van der Waals surface area contributed by atoms with Crippen LogP contribution in [0.15, 0.2) is 18.2 Å². The highest BCUT2D eigenvalue weighted by Gasteiger charge is 2.25. The molecule has 84 valence electrons. The van der Waals surface area contributed by atoms with Gasteiger partial charge in [-0.15, -0.1) is 0 Å². The molecule has 0 spiro atoms. The molecule has 1 saturated heterocycles. The van der Waals surface area contributed by atoms with Crippen LogP contribution in [0.25, 0.3) is 0 Å². The number of nitrogens with zero attached hydrogens (tertiary/aromatic N) is 1. The third-order valence-electron chi connectivity index (χ3n) is 2.84. The first-order chi connectivity index (χ1) is 7.69. The second kappa shape index (κ2) is 4.89. The lowest BCUT2D eigenvalue weighted by Gasteiger charge is -2.35. The number of hydrazine groups is 1. The van der Waals surface area contributed by atoms with E-state index in [-0.39, 0.29) is 6.10 Å². The molecule has 1 aromatic rings. The van der Waals surface area contributed by atoms with E-state index in [4.69, 9.17) is 18.4 Å². The molecule has 2 rings (SSSR count). The van der Waals surface area contributed by atoms with Gasteiger partial charge in [-0.25, -0.2) is 5.01 Å². The molecule has 0 bridgehead atoms. The van der Waals surface area contributed by atoms with Crippen LogP contribution in [-0.4, -0.2) is 32.0 Å². The fourth-order valence-corrected chi connectivity index (χ4v) is 1.89. The molecule has 0 unspecified atom stereocenters. The Balaban J connectivity index is 1.99. The Labute approximate surface area is 98.0 Å². The number of ether oxygens (including phenoxy) is 1. The van der Waals surface area contributed by atoms with Gasteiger partial charge in [0.05, 0.1) is 20.9 Å². The second-order valence-electron chi connectivity index (χ2n) is 4.33. The number of rotatable bonds is 4. The molecule has 1 aliphatic heterocycles. The molecule has 0 saturated carbocycles. The van der Waals surface area contributed by atoms with E-state index in [1.807, 2.05) is 6.07 Å². The predicted octanol–water partition coefficient (Wildman–Crippen LogP) is 1.06. The van der Waals surface area contributed by atoms with E-state index < -0.39 is 0 Å². The van der Waals surface area contributed by atoms with Crippen molar-refractivity contribution in [2.75, 3.05) is 13.1 Å². The van der Waals surface area contributed by atoms with Crippen molar-refractivity contribution in [2.24, 2.45) is 5.84 Å². The monoisotopic (exact) mass is 216 g/mol. The Hall–Kier alpha value is -0.995. The van der Waals surface area contributed by atoms with Crippen LogP contribution in [0, 0.1) is 6.92 Å². The lowest BCUT2D eigenvalue weighted by atomic mass is 9.96. The summed E-state index contributed by atoms with van der Waals surface area (Å²) >= 11 is 0. The first-order valence-electron chi connectivity index (χ1n) is 5.65. The highest BCUT2D eigenvalue weighted by Crippen LogP contribution is 2.22. The van der Waals surface area contributed by atoms with Crippen LogP contribution in [0.5, 0.6) is 5.75 Å². The van der Waals surface area contributed by atoms with Crippen molar-refractivity contribution in [3.8, 4) is 5.75 Å². The molecular formula is C12H17BN2O. The van der Waals surface area contributed by atoms with Crippen molar-refractivity contribution in [1.82, 2.24) is 5.01 Å². The lowest BCUT2D eigenvalue weighted by molar-refractivity contribution is 0.0193. The van der Waals surface area contributed by atoms with Gasteiger partial charge in [-0.2, -0.15) is 0 Å². The minimum absolute atomic E-state index is 0.240. The molecular weight excluding hydrogens is 199 g/mol. The smallest absolute Gasteiger partial charge is 0.127 e. The zero-order valence-corrected chi connectivity index (χ0v) is 9.65. The maximum absolute atomic E-state index is 5.83. The quantitative estimate of drug-likeness (QED) is 0.604. The number of benzene rings is 1. The van der Waals surface area contributed by atoms with E-state index in [0.29, 0.717) is 6.32 Å². The van der Waals surface area contributed by atoms with Crippen LogP contribution in [0.2, 0.25) is 6.32 Å². The fraction of sp³-hybridized carbons (Fsp3) is 0.500. The van der Waals surface area contributed by atoms with E-state index in [1.165, 1.54) is 11.1 Å². The number of hydrogen-bond donors (Lipinski definition) is 1. The van der Waals surface area contributed by atoms with Gasteiger partial charge in [-0.1, -0.05) is 18.5 Å². The summed E-state index contributed by atoms with van der Waals surface area (Å²) in [7, 11) is 5.52. The molecule has 0 aromatic heterocycles. The van der Waals surface area contributed by atoms with Gasteiger partial charge < -0.3 is 4.74 Å². The standard InChI is InChI=1S/C12H17BN2O/c1-9-6-10(4-5-13)2-3-12(9)16-11-7-15(14)8-11/h2-3,6,11H,4-5,7-8,14H2,1H3. The third kappa shape index (κ3) is 2.57. The summed E-state index contributed by atoms with van der Waals surface area (Å²) in [4.78, 5) is 0. The van der Waals surface area contributed by atoms with E-state index in [9.17, 15) is 0 Å². The Morgan fingerprint density at radius 2 is 2.25 bits per heavy atom. The van der Waals surface area contributed by atoms with Crippen molar-refractivity contribution in [1.29, 1.82) is 0 Å². The first kappa shape index (κ1) is 11.5. The molecule has 1 heterocycles. The topological polar surface area (TPSA) is 38.5 Å². The van der Waals surface area contributed by atoms with Crippen molar-refractivity contribution < 1.29 is 4.74 Å². The van der Waals surface area contributed by atoms with Crippen molar-refractivity contribution in [3.05, 3.63) is 29.3 Å². The number of aryl methyl sites for hydroxylation is 2. The van der Waals surface area contributed by atoms with Crippen LogP contribution in [0.4, 0.5) is 0 Å². The van der Waals surface area contributed by atoms with E-state index >= 15 is 0 Å². The molecule has 2 radical (unpaired) electrons. The normalized spacial score (nSPS) is 17.1. The molecule has 1 fully saturated rings. The van der Waals surface area contributed by atoms with Gasteiger partial charge in [0.2, 0.25) is 0 Å². The van der Waals surface area contributed by atoms with E-state index in [1.54, 1.807) is 5.01 Å². The second-order valence-corrected chi connectivity index (χ2v) is 4.33. The van der Waals surface area contributed by atoms with Crippen LogP contribution < -0.4 is 10.6 Å². The molecule has 3 nitrogen and oxygen atoms in total. The maximum Gasteiger partial charge on any atom is 0.127 e. The average Bonchev–Trinajstić information content (AvgIpc) is 2.20. The van der Waals surface area contributed by atoms with Crippen LogP contribution in [0.3, 0.4) is 0 Å². The minimum atomic E-state index is 0.240. The number of hydrogen-bond acceptors (Lipinski definition) is 3. The predicted molar refractivity (Wildman–Crippen MR) is 65.6 cm³/mol. The SMILES string of the molecule is [B]CCc1ccc(OC2CN(N)C2)c(C)c1. The Morgan fingerprint density at radius 1 is 1.50 bits per heavy atom. The highest BCUT2D eigenvalue weighted by atomic mass is 16.5. The van der Waals surface area contributed by atoms with Gasteiger partial charge in [-0.3, -0.25) is 5.84 Å². The molecule has 16 heavy (non-hydrogen) atoms. The summed E-state index contributed by atoms with van der Waals surface area (Å²) in [5.41, 5.74) is 2.43. The average molecular weight is 216 g/mol. The summed E-state index contributed by atoms with van der Waals surface area (Å²) in [5, 5.41) is 1.75. The molecule has 2 N–H and O–H groups in total. The van der Waals surface area contributed by atoms with Gasteiger partial charge in [0, 0.05) is 0 Å². The van der Waals surface area contributed by atoms with Crippen molar-refractivity contribution >= 4 is 7.85 Å². The lowest BCUT2D eigenvalue weighted by Crippen LogP contribution is -2.57. The maximum atomic E-state index is 5.83. The molecule has 0 atom stereocenters. The van der Waals surface area contributed by atoms with Crippen LogP contribution in [0.1, 0.15) is 11.1 Å². The zero-order valence-electron chi connectivity index (χ0n) is 9.65. The minimum Gasteiger partial charge on any atom is -0.487 e. The molecule has 4 heteroatoms. The number of nitrogens with two attached hydrogens (primary N) is 1. The summed E-state index contributed by atoms with van der Waals surface area (Å²) < 4.78 is 5.83.